The van der Waals surface area contributed by atoms with Gasteiger partial charge in [0.25, 0.3) is 0 Å². The number of rotatable bonds is 3. The average molecular weight is 270 g/mol. The molecule has 0 N–H and O–H groups in total. The summed E-state index contributed by atoms with van der Waals surface area (Å²) in [5.41, 5.74) is 1.81. The fourth-order valence-electron chi connectivity index (χ4n) is 1.47. The van der Waals surface area contributed by atoms with Gasteiger partial charge in [-0.3, -0.25) is 4.68 Å². The second-order valence-corrected chi connectivity index (χ2v) is 5.15. The maximum Gasteiger partial charge on any atom is 0.0766 e. The number of hydrogen-bond acceptors (Lipinski definition) is 2. The molecule has 0 aliphatic carbocycles. The van der Waals surface area contributed by atoms with Crippen LogP contribution in [0.25, 0.3) is 0 Å². The van der Waals surface area contributed by atoms with Crippen LogP contribution < -0.4 is 0 Å². The van der Waals surface area contributed by atoms with Crippen LogP contribution in [0.1, 0.15) is 32.2 Å². The zero-order chi connectivity index (χ0) is 11.6. The summed E-state index contributed by atoms with van der Waals surface area (Å²) in [7, 11) is 1.92. The van der Waals surface area contributed by atoms with Gasteiger partial charge in [-0.2, -0.15) is 10.4 Å². The summed E-state index contributed by atoms with van der Waals surface area (Å²) in [6.45, 7) is 5.96. The number of aromatic nitrogens is 2. The molecule has 0 aromatic carbocycles. The van der Waals surface area contributed by atoms with E-state index < -0.39 is 0 Å². The molecule has 0 saturated carbocycles. The summed E-state index contributed by atoms with van der Waals surface area (Å²) < 4.78 is 2.91. The molecule has 1 aromatic heterocycles. The van der Waals surface area contributed by atoms with Crippen molar-refractivity contribution in [1.82, 2.24) is 9.78 Å². The molecule has 0 amide bonds. The lowest BCUT2D eigenvalue weighted by atomic mass is 9.89. The first kappa shape index (κ1) is 12.3. The monoisotopic (exact) mass is 269 g/mol. The first-order valence-electron chi connectivity index (χ1n) is 5.02. The summed E-state index contributed by atoms with van der Waals surface area (Å²) in [5.74, 6) is 0. The maximum atomic E-state index is 9.01. The van der Waals surface area contributed by atoms with Gasteiger partial charge in [-0.05, 0) is 36.2 Å². The van der Waals surface area contributed by atoms with Gasteiger partial charge >= 0.3 is 0 Å². The Hall–Kier alpha value is -0.820. The molecule has 82 valence electrons. The second kappa shape index (κ2) is 4.36. The minimum atomic E-state index is -0.346. The predicted molar refractivity (Wildman–Crippen MR) is 63.4 cm³/mol. The lowest BCUT2D eigenvalue weighted by molar-refractivity contribution is 0.471. The first-order valence-corrected chi connectivity index (χ1v) is 5.82. The third-order valence-electron chi connectivity index (χ3n) is 2.42. The highest BCUT2D eigenvalue weighted by Crippen LogP contribution is 2.28. The maximum absolute atomic E-state index is 9.01. The molecule has 1 aromatic rings. The second-order valence-electron chi connectivity index (χ2n) is 4.36. The zero-order valence-corrected chi connectivity index (χ0v) is 11.2. The summed E-state index contributed by atoms with van der Waals surface area (Å²) in [4.78, 5) is 0. The molecule has 0 unspecified atom stereocenters. The van der Waals surface area contributed by atoms with Crippen molar-refractivity contribution in [2.75, 3.05) is 0 Å². The third kappa shape index (κ3) is 2.60. The summed E-state index contributed by atoms with van der Waals surface area (Å²) in [6.07, 6.45) is 1.62. The molecular weight excluding hydrogens is 254 g/mol. The van der Waals surface area contributed by atoms with E-state index in [0.29, 0.717) is 6.42 Å². The van der Waals surface area contributed by atoms with Gasteiger partial charge in [0.1, 0.15) is 0 Å². The van der Waals surface area contributed by atoms with E-state index in [2.05, 4.69) is 34.0 Å². The van der Waals surface area contributed by atoms with Crippen molar-refractivity contribution in [3.8, 4) is 6.07 Å². The van der Waals surface area contributed by atoms with E-state index in [1.165, 1.54) is 0 Å². The van der Waals surface area contributed by atoms with Crippen LogP contribution in [0.5, 0.6) is 0 Å². The minimum Gasteiger partial charge on any atom is -0.271 e. The molecule has 0 radical (unpaired) electrons. The van der Waals surface area contributed by atoms with Crippen LogP contribution in [0.2, 0.25) is 0 Å². The third-order valence-corrected chi connectivity index (χ3v) is 3.33. The van der Waals surface area contributed by atoms with E-state index in [1.54, 1.807) is 0 Å². The topological polar surface area (TPSA) is 41.6 Å². The van der Waals surface area contributed by atoms with Crippen LogP contribution in [-0.2, 0) is 19.9 Å². The standard InChI is InChI=1S/C11H16BrN3/c1-5-8-10(12)9(15(4)14-8)6-11(2,3)7-13/h5-6H2,1-4H3. The van der Waals surface area contributed by atoms with Crippen LogP contribution in [0, 0.1) is 16.7 Å². The Kier molecular flexibility index (Phi) is 3.56. The molecule has 0 aliphatic rings. The highest BCUT2D eigenvalue weighted by atomic mass is 79.9. The van der Waals surface area contributed by atoms with Gasteiger partial charge < -0.3 is 0 Å². The van der Waals surface area contributed by atoms with Crippen LogP contribution >= 0.6 is 15.9 Å². The van der Waals surface area contributed by atoms with Crippen molar-refractivity contribution < 1.29 is 0 Å². The lowest BCUT2D eigenvalue weighted by Gasteiger charge is -2.15. The molecular formula is C11H16BrN3. The van der Waals surface area contributed by atoms with E-state index in [-0.39, 0.29) is 5.41 Å². The van der Waals surface area contributed by atoms with E-state index >= 15 is 0 Å². The molecule has 1 heterocycles. The molecule has 15 heavy (non-hydrogen) atoms. The number of hydrogen-bond donors (Lipinski definition) is 0. The van der Waals surface area contributed by atoms with E-state index in [1.807, 2.05) is 25.6 Å². The van der Waals surface area contributed by atoms with E-state index in [0.717, 1.165) is 22.3 Å². The molecule has 0 spiro atoms. The van der Waals surface area contributed by atoms with Gasteiger partial charge in [0.05, 0.1) is 27.3 Å². The smallest absolute Gasteiger partial charge is 0.0766 e. The van der Waals surface area contributed by atoms with Crippen LogP contribution in [0.3, 0.4) is 0 Å². The first-order chi connectivity index (χ1) is 6.91. The van der Waals surface area contributed by atoms with Crippen LogP contribution in [0.15, 0.2) is 4.47 Å². The molecule has 3 nitrogen and oxygen atoms in total. The van der Waals surface area contributed by atoms with Crippen LogP contribution in [0.4, 0.5) is 0 Å². The largest absolute Gasteiger partial charge is 0.271 e. The Morgan fingerprint density at radius 2 is 2.13 bits per heavy atom. The molecule has 0 saturated heterocycles. The van der Waals surface area contributed by atoms with Crippen molar-refractivity contribution in [2.45, 2.75) is 33.6 Å². The zero-order valence-electron chi connectivity index (χ0n) is 9.63. The normalized spacial score (nSPS) is 11.5. The number of halogens is 1. The fraction of sp³-hybridized carbons (Fsp3) is 0.636. The molecule has 0 atom stereocenters. The summed E-state index contributed by atoms with van der Waals surface area (Å²) in [6, 6.07) is 2.31. The Bertz CT molecular complexity index is 399. The molecule has 1 rings (SSSR count). The Balaban J connectivity index is 3.06. The Morgan fingerprint density at radius 3 is 2.53 bits per heavy atom. The summed E-state index contributed by atoms with van der Waals surface area (Å²) >= 11 is 3.55. The average Bonchev–Trinajstić information content (AvgIpc) is 2.45. The molecule has 0 bridgehead atoms. The predicted octanol–water partition coefficient (Wildman–Crippen LogP) is 2.84. The molecule has 4 heteroatoms. The van der Waals surface area contributed by atoms with Gasteiger partial charge in [-0.15, -0.1) is 0 Å². The molecule has 0 fully saturated rings. The van der Waals surface area contributed by atoms with E-state index in [4.69, 9.17) is 5.26 Å². The molecule has 0 aliphatic heterocycles. The number of nitrogens with zero attached hydrogens (tertiary/aromatic N) is 3. The van der Waals surface area contributed by atoms with Gasteiger partial charge in [-0.25, -0.2) is 0 Å². The Morgan fingerprint density at radius 1 is 1.53 bits per heavy atom. The lowest BCUT2D eigenvalue weighted by Crippen LogP contribution is -2.14. The van der Waals surface area contributed by atoms with Gasteiger partial charge in [0, 0.05) is 13.5 Å². The van der Waals surface area contributed by atoms with Crippen molar-refractivity contribution in [1.29, 1.82) is 5.26 Å². The number of nitriles is 1. The Labute approximate surface area is 99.2 Å². The van der Waals surface area contributed by atoms with E-state index in [9.17, 15) is 0 Å². The quantitative estimate of drug-likeness (QED) is 0.847. The SMILES string of the molecule is CCc1nn(C)c(CC(C)(C)C#N)c1Br. The van der Waals surface area contributed by atoms with Gasteiger partial charge in [0.15, 0.2) is 0 Å². The summed E-state index contributed by atoms with van der Waals surface area (Å²) in [5, 5.41) is 13.4. The highest BCUT2D eigenvalue weighted by Gasteiger charge is 2.22. The van der Waals surface area contributed by atoms with Crippen molar-refractivity contribution in [3.63, 3.8) is 0 Å². The van der Waals surface area contributed by atoms with Crippen molar-refractivity contribution in [3.05, 3.63) is 15.9 Å². The van der Waals surface area contributed by atoms with Crippen molar-refractivity contribution in [2.24, 2.45) is 12.5 Å². The van der Waals surface area contributed by atoms with Gasteiger partial charge in [0.2, 0.25) is 0 Å². The van der Waals surface area contributed by atoms with Gasteiger partial charge in [-0.1, -0.05) is 6.92 Å². The minimum absolute atomic E-state index is 0.346. The number of aryl methyl sites for hydroxylation is 2. The van der Waals surface area contributed by atoms with Crippen LogP contribution in [-0.4, -0.2) is 9.78 Å². The highest BCUT2D eigenvalue weighted by molar-refractivity contribution is 9.10. The van der Waals surface area contributed by atoms with Crippen molar-refractivity contribution >= 4 is 15.9 Å². The fourth-order valence-corrected chi connectivity index (χ4v) is 2.23.